The lowest BCUT2D eigenvalue weighted by Gasteiger charge is -2.14. The molecule has 230 valence electrons. The molecule has 6 rings (SSSR count). The molecule has 0 aliphatic carbocycles. The van der Waals surface area contributed by atoms with Gasteiger partial charge >= 0.3 is 5.82 Å². The van der Waals surface area contributed by atoms with Crippen molar-refractivity contribution in [3.63, 3.8) is 0 Å². The van der Waals surface area contributed by atoms with Gasteiger partial charge in [-0.05, 0) is 88.1 Å². The molecular formula is C35H29N5O5S. The highest BCUT2D eigenvalue weighted by molar-refractivity contribution is 7.85. The van der Waals surface area contributed by atoms with Crippen molar-refractivity contribution in [2.45, 2.75) is 18.7 Å². The van der Waals surface area contributed by atoms with E-state index in [9.17, 15) is 23.1 Å². The Morgan fingerprint density at radius 1 is 0.761 bits per heavy atom. The Morgan fingerprint density at radius 3 is 2.02 bits per heavy atom. The number of non-ortho nitro benzene ring substituents is 1. The molecule has 11 heteroatoms. The molecule has 0 saturated heterocycles. The third-order valence-corrected chi connectivity index (χ3v) is 7.81. The molecule has 5 aromatic carbocycles. The first kappa shape index (κ1) is 31.6. The molecule has 0 atom stereocenters. The molecule has 0 aliphatic heterocycles. The average molecular weight is 632 g/mol. The molecule has 1 heterocycles. The number of hydrogen-bond donors (Lipinski definition) is 0. The molecule has 0 spiro atoms. The van der Waals surface area contributed by atoms with Gasteiger partial charge in [-0.1, -0.05) is 85.0 Å². The van der Waals surface area contributed by atoms with Crippen molar-refractivity contribution in [1.82, 2.24) is 15.0 Å². The van der Waals surface area contributed by atoms with Gasteiger partial charge in [0.15, 0.2) is 5.69 Å². The van der Waals surface area contributed by atoms with Gasteiger partial charge in [0.1, 0.15) is 15.8 Å². The Balaban J connectivity index is 0.000000188. The van der Waals surface area contributed by atoms with Crippen molar-refractivity contribution in [2.75, 3.05) is 0 Å². The number of hydrogen-bond acceptors (Lipinski definition) is 7. The first-order valence-corrected chi connectivity index (χ1v) is 15.6. The van der Waals surface area contributed by atoms with Crippen molar-refractivity contribution in [3.8, 4) is 22.8 Å². The monoisotopic (exact) mass is 631 g/mol. The normalized spacial score (nSPS) is 11.5. The van der Waals surface area contributed by atoms with E-state index in [1.165, 1.54) is 18.2 Å². The van der Waals surface area contributed by atoms with E-state index in [-0.39, 0.29) is 10.6 Å². The number of rotatable bonds is 7. The zero-order valence-corrected chi connectivity index (χ0v) is 25.8. The number of tetrazole rings is 1. The summed E-state index contributed by atoms with van der Waals surface area (Å²) in [5, 5.41) is 21.8. The Kier molecular flexibility index (Phi) is 9.55. The van der Waals surface area contributed by atoms with Gasteiger partial charge < -0.3 is 4.55 Å². The van der Waals surface area contributed by atoms with Crippen molar-refractivity contribution in [2.24, 2.45) is 0 Å². The van der Waals surface area contributed by atoms with E-state index in [1.807, 2.05) is 97.9 Å². The fourth-order valence-corrected chi connectivity index (χ4v) is 5.54. The lowest BCUT2D eigenvalue weighted by atomic mass is 9.99. The Morgan fingerprint density at radius 2 is 1.41 bits per heavy atom. The number of nitro groups is 1. The number of allylic oxidation sites excluding steroid dienone is 2. The van der Waals surface area contributed by atoms with Crippen molar-refractivity contribution in [1.29, 1.82) is 0 Å². The number of benzene rings is 5. The summed E-state index contributed by atoms with van der Waals surface area (Å²) in [6.45, 7) is 3.71. The van der Waals surface area contributed by atoms with Gasteiger partial charge in [-0.15, -0.1) is 0 Å². The minimum absolute atomic E-state index is 0.0309. The number of nitro benzene ring substituents is 1. The van der Waals surface area contributed by atoms with E-state index in [0.717, 1.165) is 27.6 Å². The molecule has 0 amide bonds. The second-order valence-corrected chi connectivity index (χ2v) is 11.3. The Hall–Kier alpha value is -5.78. The third kappa shape index (κ3) is 6.96. The number of para-hydroxylation sites is 1. The number of fused-ring (bicyclic) bond motifs is 1. The zero-order chi connectivity index (χ0) is 32.7. The molecule has 0 N–H and O–H groups in total. The van der Waals surface area contributed by atoms with Gasteiger partial charge in [-0.2, -0.15) is 0 Å². The summed E-state index contributed by atoms with van der Waals surface area (Å²) in [7, 11) is -4.49. The maximum atomic E-state index is 11.4. The van der Waals surface area contributed by atoms with E-state index in [0.29, 0.717) is 17.1 Å². The van der Waals surface area contributed by atoms with Gasteiger partial charge in [0.25, 0.3) is 5.69 Å². The summed E-state index contributed by atoms with van der Waals surface area (Å²) in [6, 6.07) is 34.2. The summed E-state index contributed by atoms with van der Waals surface area (Å²) in [5.74, 6) is 0.563. The Labute approximate surface area is 266 Å². The van der Waals surface area contributed by atoms with Crippen LogP contribution < -0.4 is 4.80 Å². The summed E-state index contributed by atoms with van der Waals surface area (Å²) in [5.41, 5.74) is 3.87. The minimum atomic E-state index is -4.49. The zero-order valence-electron chi connectivity index (χ0n) is 25.0. The topological polar surface area (TPSA) is 135 Å². The maximum absolute atomic E-state index is 11.4. The lowest BCUT2D eigenvalue weighted by molar-refractivity contribution is -0.734. The van der Waals surface area contributed by atoms with Gasteiger partial charge in [-0.25, -0.2) is 8.42 Å². The van der Waals surface area contributed by atoms with E-state index < -0.39 is 15.0 Å². The van der Waals surface area contributed by atoms with E-state index >= 15 is 0 Å². The minimum Gasteiger partial charge on any atom is -0.744 e. The summed E-state index contributed by atoms with van der Waals surface area (Å²) >= 11 is 0. The molecular weight excluding hydrogens is 602 g/mol. The largest absolute Gasteiger partial charge is 0.744 e. The highest BCUT2D eigenvalue weighted by Crippen LogP contribution is 2.30. The predicted molar refractivity (Wildman–Crippen MR) is 176 cm³/mol. The summed E-state index contributed by atoms with van der Waals surface area (Å²) in [4.78, 5) is 13.6. The van der Waals surface area contributed by atoms with Crippen LogP contribution in [0.15, 0.2) is 132 Å². The number of aromatic nitrogens is 4. The highest BCUT2D eigenvalue weighted by Gasteiger charge is 2.23. The van der Waals surface area contributed by atoms with Gasteiger partial charge in [0.05, 0.1) is 20.5 Å². The van der Waals surface area contributed by atoms with Crippen LogP contribution in [0.5, 0.6) is 0 Å². The molecule has 0 saturated carbocycles. The van der Waals surface area contributed by atoms with Crippen LogP contribution >= 0.6 is 0 Å². The molecule has 10 nitrogen and oxygen atoms in total. The van der Waals surface area contributed by atoms with Crippen LogP contribution in [0.3, 0.4) is 0 Å². The van der Waals surface area contributed by atoms with Crippen molar-refractivity contribution < 1.29 is 22.7 Å². The van der Waals surface area contributed by atoms with E-state index in [1.54, 1.807) is 46.9 Å². The van der Waals surface area contributed by atoms with Crippen molar-refractivity contribution >= 4 is 38.7 Å². The summed E-state index contributed by atoms with van der Waals surface area (Å²) in [6.07, 6.45) is 7.26. The SMILES string of the molecule is CC=Cc1cccc2c(C=CC)c(S(=O)(=O)[O-])ccc12.O=[N+]([O-])c1ccc(-[n+]2nc(-c3ccccc3)nn2-c2ccccc2)cc1. The van der Waals surface area contributed by atoms with Gasteiger partial charge in [0, 0.05) is 16.9 Å². The Bertz CT molecular complexity index is 2160. The van der Waals surface area contributed by atoms with Gasteiger partial charge in [0.2, 0.25) is 0 Å². The molecule has 46 heavy (non-hydrogen) atoms. The standard InChI is InChI=1S/C19H14N5O2.C16H16O3S/c25-24(26)18-13-11-17(12-14-18)23-21-19(15-7-3-1-4-8-15)20-22(23)16-9-5-2-6-10-16;1-3-6-12-8-5-9-14-13(12)10-11-16(20(17,18)19)15(14)7-4-2/h1-14H;3-11H,1-2H3,(H,17,18,19)/q+1;/p-1. The van der Waals surface area contributed by atoms with Crippen molar-refractivity contribution in [3.05, 3.63) is 149 Å². The van der Waals surface area contributed by atoms with E-state index in [2.05, 4.69) is 10.2 Å². The third-order valence-electron chi connectivity index (χ3n) is 6.91. The second-order valence-electron chi connectivity index (χ2n) is 9.95. The van der Waals surface area contributed by atoms with Crippen LogP contribution in [0.2, 0.25) is 0 Å². The molecule has 1 aromatic heterocycles. The molecule has 0 radical (unpaired) electrons. The van der Waals surface area contributed by atoms with Crippen LogP contribution in [0.1, 0.15) is 25.0 Å². The fraction of sp³-hybridized carbons (Fsp3) is 0.0571. The first-order valence-electron chi connectivity index (χ1n) is 14.2. The van der Waals surface area contributed by atoms with Crippen LogP contribution in [0, 0.1) is 10.1 Å². The molecule has 6 aromatic rings. The van der Waals surface area contributed by atoms with E-state index in [4.69, 9.17) is 0 Å². The van der Waals surface area contributed by atoms with Crippen LogP contribution in [0.4, 0.5) is 5.69 Å². The molecule has 0 aliphatic rings. The number of nitrogens with zero attached hydrogens (tertiary/aromatic N) is 5. The summed E-state index contributed by atoms with van der Waals surface area (Å²) < 4.78 is 34.1. The molecule has 0 fully saturated rings. The van der Waals surface area contributed by atoms with Crippen LogP contribution in [-0.4, -0.2) is 32.9 Å². The first-order chi connectivity index (χ1) is 22.2. The second kappa shape index (κ2) is 13.9. The quantitative estimate of drug-likeness (QED) is 0.0807. The average Bonchev–Trinajstić information content (AvgIpc) is 3.52. The lowest BCUT2D eigenvalue weighted by Crippen LogP contribution is -2.43. The fourth-order valence-electron chi connectivity index (χ4n) is 4.86. The smallest absolute Gasteiger partial charge is 0.340 e. The van der Waals surface area contributed by atoms with Crippen LogP contribution in [0.25, 0.3) is 45.7 Å². The van der Waals surface area contributed by atoms with Crippen LogP contribution in [-0.2, 0) is 10.1 Å². The highest BCUT2D eigenvalue weighted by atomic mass is 32.2. The maximum Gasteiger partial charge on any atom is 0.340 e. The molecule has 0 unspecified atom stereocenters. The molecule has 0 bridgehead atoms. The van der Waals surface area contributed by atoms with Gasteiger partial charge in [-0.3, -0.25) is 10.1 Å². The predicted octanol–water partition coefficient (Wildman–Crippen LogP) is 6.93.